The Kier molecular flexibility index (Phi) is 17.3. The fourth-order valence-corrected chi connectivity index (χ4v) is 7.60. The Morgan fingerprint density at radius 3 is 2.45 bits per heavy atom. The average Bonchev–Trinajstić information content (AvgIpc) is 3.36. The number of thiol groups is 1. The van der Waals surface area contributed by atoms with Crippen molar-refractivity contribution in [3.05, 3.63) is 29.3 Å². The van der Waals surface area contributed by atoms with Gasteiger partial charge in [0.15, 0.2) is 6.61 Å². The van der Waals surface area contributed by atoms with Crippen molar-refractivity contribution >= 4 is 30.6 Å². The molecule has 0 aromatic heterocycles. The number of hydrogen-bond acceptors (Lipinski definition) is 7. The van der Waals surface area contributed by atoms with Crippen LogP contribution in [0.4, 0.5) is 4.79 Å². The molecule has 1 saturated carbocycles. The Balaban J connectivity index is 1.50. The molecule has 2 aliphatic carbocycles. The van der Waals surface area contributed by atoms with Gasteiger partial charge in [-0.15, -0.1) is 0 Å². The summed E-state index contributed by atoms with van der Waals surface area (Å²) in [7, 11) is 1.62. The molecule has 47 heavy (non-hydrogen) atoms. The molecule has 0 saturated heterocycles. The Morgan fingerprint density at radius 1 is 1.02 bits per heavy atom. The maximum absolute atomic E-state index is 13.2. The number of aliphatic hydroxyl groups is 1. The van der Waals surface area contributed by atoms with Crippen LogP contribution >= 0.6 is 12.6 Å². The number of likely N-dealkylation sites (N-methyl/N-ethyl adjacent to an activating group) is 1. The van der Waals surface area contributed by atoms with E-state index < -0.39 is 24.2 Å². The third kappa shape index (κ3) is 12.5. The number of carboxylic acids is 1. The number of amides is 2. The van der Waals surface area contributed by atoms with Gasteiger partial charge < -0.3 is 25.0 Å². The van der Waals surface area contributed by atoms with Gasteiger partial charge in [-0.2, -0.15) is 12.6 Å². The zero-order valence-corrected chi connectivity index (χ0v) is 29.9. The smallest absolute Gasteiger partial charge is 0.410 e. The maximum atomic E-state index is 13.2. The van der Waals surface area contributed by atoms with E-state index in [1.807, 2.05) is 12.1 Å². The van der Waals surface area contributed by atoms with Crippen LogP contribution in [-0.2, 0) is 27.2 Å². The predicted molar refractivity (Wildman–Crippen MR) is 188 cm³/mol. The van der Waals surface area contributed by atoms with Crippen LogP contribution in [0.3, 0.4) is 0 Å². The van der Waals surface area contributed by atoms with Crippen molar-refractivity contribution in [2.45, 2.75) is 135 Å². The summed E-state index contributed by atoms with van der Waals surface area (Å²) in [6.45, 7) is 4.12. The van der Waals surface area contributed by atoms with E-state index in [-0.39, 0.29) is 24.5 Å². The number of unbranched alkanes of at least 4 members (excludes halogenated alkanes) is 8. The molecule has 2 aliphatic rings. The Hall–Kier alpha value is -2.46. The van der Waals surface area contributed by atoms with E-state index in [9.17, 15) is 19.5 Å². The fourth-order valence-electron chi connectivity index (χ4n) is 7.38. The van der Waals surface area contributed by atoms with Crippen LogP contribution in [0, 0.1) is 17.8 Å². The number of rotatable bonds is 22. The van der Waals surface area contributed by atoms with Crippen molar-refractivity contribution in [2.24, 2.45) is 17.8 Å². The van der Waals surface area contributed by atoms with Crippen LogP contribution in [0.1, 0.15) is 115 Å². The second kappa shape index (κ2) is 20.8. The molecule has 0 unspecified atom stereocenters. The third-order valence-electron chi connectivity index (χ3n) is 10.3. The highest BCUT2D eigenvalue weighted by atomic mass is 32.1. The van der Waals surface area contributed by atoms with Gasteiger partial charge in [-0.1, -0.05) is 64.0 Å². The van der Waals surface area contributed by atoms with Gasteiger partial charge in [-0.05, 0) is 105 Å². The van der Waals surface area contributed by atoms with Crippen molar-refractivity contribution in [3.8, 4) is 5.75 Å². The third-order valence-corrected chi connectivity index (χ3v) is 10.6. The zero-order chi connectivity index (χ0) is 34.2. The molecule has 0 radical (unpaired) electrons. The normalized spacial score (nSPS) is 21.3. The lowest BCUT2D eigenvalue weighted by Gasteiger charge is -2.33. The SMILES string of the molecule is CCCCC[C@@H](CC[C@@H]1[C@H]2Cc3cccc(OCC(=O)O)c3C[C@H]2C[C@H]1O)OC(=O)N(C)[C@H](C)C(=O)NCCCCCCCCCS. The fraction of sp³-hybridized carbons (Fsp3) is 0.757. The number of carbonyl (C=O) groups excluding carboxylic acids is 2. The first-order valence-electron chi connectivity index (χ1n) is 18.1. The van der Waals surface area contributed by atoms with Crippen LogP contribution < -0.4 is 10.1 Å². The molecular weight excluding hydrogens is 616 g/mol. The zero-order valence-electron chi connectivity index (χ0n) is 29.0. The van der Waals surface area contributed by atoms with Crippen LogP contribution in [-0.4, -0.2) is 77.3 Å². The van der Waals surface area contributed by atoms with E-state index in [0.717, 1.165) is 74.7 Å². The number of fused-ring (bicyclic) bond motifs is 2. The predicted octanol–water partition coefficient (Wildman–Crippen LogP) is 6.82. The molecule has 3 rings (SSSR count). The summed E-state index contributed by atoms with van der Waals surface area (Å²) >= 11 is 4.25. The second-order valence-corrected chi connectivity index (χ2v) is 14.2. The lowest BCUT2D eigenvalue weighted by Crippen LogP contribution is -2.47. The Labute approximate surface area is 287 Å². The van der Waals surface area contributed by atoms with Crippen LogP contribution in [0.5, 0.6) is 5.75 Å². The molecular formula is C37H60N2O7S. The van der Waals surface area contributed by atoms with Gasteiger partial charge in [-0.25, -0.2) is 9.59 Å². The van der Waals surface area contributed by atoms with Gasteiger partial charge in [0.25, 0.3) is 0 Å². The van der Waals surface area contributed by atoms with Gasteiger partial charge in [0, 0.05) is 13.6 Å². The van der Waals surface area contributed by atoms with Crippen molar-refractivity contribution < 1.29 is 34.1 Å². The minimum Gasteiger partial charge on any atom is -0.482 e. The minimum atomic E-state index is -1.00. The number of nitrogens with one attached hydrogen (secondary N) is 1. The summed E-state index contributed by atoms with van der Waals surface area (Å²) in [5, 5.41) is 23.2. The van der Waals surface area contributed by atoms with E-state index in [1.165, 1.54) is 37.0 Å². The molecule has 0 bridgehead atoms. The Bertz CT molecular complexity index is 1120. The highest BCUT2D eigenvalue weighted by molar-refractivity contribution is 7.80. The van der Waals surface area contributed by atoms with Gasteiger partial charge in [-0.3, -0.25) is 9.69 Å². The van der Waals surface area contributed by atoms with Crippen molar-refractivity contribution in [3.63, 3.8) is 0 Å². The number of hydrogen-bond donors (Lipinski definition) is 4. The summed E-state index contributed by atoms with van der Waals surface area (Å²) < 4.78 is 11.6. The topological polar surface area (TPSA) is 125 Å². The maximum Gasteiger partial charge on any atom is 0.410 e. The summed E-state index contributed by atoms with van der Waals surface area (Å²) in [5.74, 6) is 1.11. The van der Waals surface area contributed by atoms with Crippen molar-refractivity contribution in [2.75, 3.05) is 26.0 Å². The molecule has 1 fully saturated rings. The number of aliphatic hydroxyl groups excluding tert-OH is 1. The van der Waals surface area contributed by atoms with Gasteiger partial charge in [0.1, 0.15) is 17.9 Å². The van der Waals surface area contributed by atoms with E-state index in [4.69, 9.17) is 14.6 Å². The van der Waals surface area contributed by atoms with E-state index in [0.29, 0.717) is 37.0 Å². The first-order chi connectivity index (χ1) is 22.7. The molecule has 0 aliphatic heterocycles. The summed E-state index contributed by atoms with van der Waals surface area (Å²) in [4.78, 5) is 38.5. The van der Waals surface area contributed by atoms with Crippen molar-refractivity contribution in [1.29, 1.82) is 0 Å². The number of nitrogens with zero attached hydrogens (tertiary/aromatic N) is 1. The highest BCUT2D eigenvalue weighted by Crippen LogP contribution is 2.48. The molecule has 2 amide bonds. The monoisotopic (exact) mass is 676 g/mol. The molecule has 266 valence electrons. The summed E-state index contributed by atoms with van der Waals surface area (Å²) in [6, 6.07) is 5.18. The molecule has 3 N–H and O–H groups in total. The van der Waals surface area contributed by atoms with E-state index >= 15 is 0 Å². The Morgan fingerprint density at radius 2 is 1.74 bits per heavy atom. The van der Waals surface area contributed by atoms with E-state index in [2.05, 4.69) is 30.9 Å². The number of carbonyl (C=O) groups is 3. The molecule has 1 aromatic carbocycles. The van der Waals surface area contributed by atoms with Gasteiger partial charge in [0.2, 0.25) is 5.91 Å². The quantitative estimate of drug-likeness (QED) is 0.0784. The second-order valence-electron chi connectivity index (χ2n) is 13.7. The van der Waals surface area contributed by atoms with Crippen molar-refractivity contribution in [1.82, 2.24) is 10.2 Å². The molecule has 6 atom stereocenters. The van der Waals surface area contributed by atoms with Crippen LogP contribution in [0.25, 0.3) is 0 Å². The molecule has 10 heteroatoms. The molecule has 1 aromatic rings. The van der Waals surface area contributed by atoms with Gasteiger partial charge in [0.05, 0.1) is 6.10 Å². The highest BCUT2D eigenvalue weighted by Gasteiger charge is 2.45. The summed E-state index contributed by atoms with van der Waals surface area (Å²) in [5.41, 5.74) is 2.22. The first kappa shape index (κ1) is 39.0. The molecule has 0 heterocycles. The first-order valence-corrected chi connectivity index (χ1v) is 18.7. The molecule has 9 nitrogen and oxygen atoms in total. The van der Waals surface area contributed by atoms with Crippen LogP contribution in [0.2, 0.25) is 0 Å². The minimum absolute atomic E-state index is 0.0968. The number of aliphatic carboxylic acids is 1. The number of ether oxygens (including phenoxy) is 2. The lowest BCUT2D eigenvalue weighted by molar-refractivity contribution is -0.139. The number of benzene rings is 1. The standard InChI is InChI=1S/C37H60N2O7S/c1-4-5-11-16-29(46-37(44)39(3)26(2)36(43)38-20-12-9-7-6-8-10-13-21-47)18-19-30-31-22-27-15-14-17-34(45-25-35(41)42)32(27)23-28(31)24-33(30)40/h14-15,17,26,28-31,33,40,47H,4-13,16,18-25H2,1-3H3,(H,38,43)(H,41,42)/t26-,28+,29+,30-,31+,33-/m1/s1. The van der Waals surface area contributed by atoms with Crippen LogP contribution in [0.15, 0.2) is 18.2 Å². The lowest BCUT2D eigenvalue weighted by atomic mass is 9.73. The van der Waals surface area contributed by atoms with Gasteiger partial charge >= 0.3 is 12.1 Å². The number of carboxylic acid groups (broad SMARTS) is 1. The molecule has 0 spiro atoms. The largest absolute Gasteiger partial charge is 0.482 e. The summed E-state index contributed by atoms with van der Waals surface area (Å²) in [6.07, 6.45) is 14.4. The average molecular weight is 677 g/mol. The van der Waals surface area contributed by atoms with E-state index in [1.54, 1.807) is 14.0 Å².